The Morgan fingerprint density at radius 3 is 2.89 bits per heavy atom. The maximum absolute atomic E-state index is 5.66. The van der Waals surface area contributed by atoms with Crippen LogP contribution in [0, 0.1) is 0 Å². The second kappa shape index (κ2) is 5.84. The van der Waals surface area contributed by atoms with Crippen molar-refractivity contribution in [2.75, 3.05) is 0 Å². The van der Waals surface area contributed by atoms with Crippen molar-refractivity contribution in [3.63, 3.8) is 0 Å². The molecule has 5 nitrogen and oxygen atoms in total. The highest BCUT2D eigenvalue weighted by atomic mass is 16.3. The van der Waals surface area contributed by atoms with Gasteiger partial charge in [-0.3, -0.25) is 16.0 Å². The molecule has 0 fully saturated rings. The smallest absolute Gasteiger partial charge is 0.105 e. The third kappa shape index (κ3) is 2.63. The van der Waals surface area contributed by atoms with Crippen LogP contribution in [-0.4, -0.2) is 9.78 Å². The Kier molecular flexibility index (Phi) is 4.17. The van der Waals surface area contributed by atoms with Gasteiger partial charge in [0.25, 0.3) is 0 Å². The van der Waals surface area contributed by atoms with Crippen LogP contribution in [0.3, 0.4) is 0 Å². The lowest BCUT2D eigenvalue weighted by molar-refractivity contribution is 0.433. The first-order valence-electron chi connectivity index (χ1n) is 6.33. The van der Waals surface area contributed by atoms with Gasteiger partial charge >= 0.3 is 0 Å². The van der Waals surface area contributed by atoms with Gasteiger partial charge in [0.05, 0.1) is 23.7 Å². The lowest BCUT2D eigenvalue weighted by Crippen LogP contribution is -2.31. The van der Waals surface area contributed by atoms with Crippen LogP contribution in [0.25, 0.3) is 0 Å². The third-order valence-corrected chi connectivity index (χ3v) is 3.07. The Morgan fingerprint density at radius 2 is 2.33 bits per heavy atom. The van der Waals surface area contributed by atoms with Gasteiger partial charge in [-0.15, -0.1) is 0 Å². The summed E-state index contributed by atoms with van der Waals surface area (Å²) >= 11 is 0. The molecule has 1 unspecified atom stereocenters. The van der Waals surface area contributed by atoms with Crippen molar-refractivity contribution in [1.82, 2.24) is 15.2 Å². The van der Waals surface area contributed by atoms with E-state index in [9.17, 15) is 0 Å². The van der Waals surface area contributed by atoms with Crippen molar-refractivity contribution in [1.29, 1.82) is 0 Å². The minimum absolute atomic E-state index is 0.0175. The number of rotatable bonds is 6. The van der Waals surface area contributed by atoms with E-state index in [-0.39, 0.29) is 6.04 Å². The van der Waals surface area contributed by atoms with Crippen molar-refractivity contribution in [2.24, 2.45) is 5.84 Å². The molecule has 1 atom stereocenters. The van der Waals surface area contributed by atoms with Crippen molar-refractivity contribution in [2.45, 2.75) is 39.3 Å². The zero-order valence-electron chi connectivity index (χ0n) is 10.9. The summed E-state index contributed by atoms with van der Waals surface area (Å²) in [5.74, 6) is 6.58. The zero-order chi connectivity index (χ0) is 13.0. The summed E-state index contributed by atoms with van der Waals surface area (Å²) in [5, 5.41) is 4.54. The molecular formula is C13H20N4O. The topological polar surface area (TPSA) is 69.0 Å². The standard InChI is InChI=1S/C13H20N4O/c1-3-10-8-13(17(4-2)16-10)12(15-14)9-11-6-5-7-18-11/h5-8,12,15H,3-4,9,14H2,1-2H3. The third-order valence-electron chi connectivity index (χ3n) is 3.07. The molecule has 0 saturated carbocycles. The molecule has 0 bridgehead atoms. The lowest BCUT2D eigenvalue weighted by Gasteiger charge is -2.15. The van der Waals surface area contributed by atoms with Gasteiger partial charge in [-0.2, -0.15) is 5.10 Å². The fourth-order valence-electron chi connectivity index (χ4n) is 2.07. The highest BCUT2D eigenvalue weighted by molar-refractivity contribution is 5.16. The number of hydrogen-bond acceptors (Lipinski definition) is 4. The van der Waals surface area contributed by atoms with Crippen molar-refractivity contribution < 1.29 is 4.42 Å². The number of aromatic nitrogens is 2. The molecule has 2 aromatic rings. The van der Waals surface area contributed by atoms with Crippen LogP contribution in [0.2, 0.25) is 0 Å². The first-order chi connectivity index (χ1) is 8.78. The van der Waals surface area contributed by atoms with Gasteiger partial charge in [0, 0.05) is 13.0 Å². The molecule has 0 aliphatic carbocycles. The van der Waals surface area contributed by atoms with E-state index in [0.29, 0.717) is 0 Å². The summed E-state index contributed by atoms with van der Waals surface area (Å²) in [6.45, 7) is 5.02. The Bertz CT molecular complexity index is 475. The van der Waals surface area contributed by atoms with E-state index in [4.69, 9.17) is 10.3 Å². The molecule has 98 valence electrons. The number of nitrogens with one attached hydrogen (secondary N) is 1. The van der Waals surface area contributed by atoms with Gasteiger partial charge < -0.3 is 4.42 Å². The minimum Gasteiger partial charge on any atom is -0.469 e. The summed E-state index contributed by atoms with van der Waals surface area (Å²) in [4.78, 5) is 0. The summed E-state index contributed by atoms with van der Waals surface area (Å²) in [5.41, 5.74) is 5.04. The summed E-state index contributed by atoms with van der Waals surface area (Å²) in [7, 11) is 0. The second-order valence-electron chi connectivity index (χ2n) is 4.23. The van der Waals surface area contributed by atoms with E-state index in [2.05, 4.69) is 30.4 Å². The van der Waals surface area contributed by atoms with Crippen LogP contribution in [0.1, 0.15) is 37.0 Å². The van der Waals surface area contributed by atoms with Crippen LogP contribution in [0.5, 0.6) is 0 Å². The Labute approximate surface area is 107 Å². The van der Waals surface area contributed by atoms with Crippen molar-refractivity contribution in [3.05, 3.63) is 41.6 Å². The quantitative estimate of drug-likeness (QED) is 0.604. The first kappa shape index (κ1) is 12.9. The first-order valence-corrected chi connectivity index (χ1v) is 6.33. The number of nitrogens with zero attached hydrogens (tertiary/aromatic N) is 2. The maximum Gasteiger partial charge on any atom is 0.105 e. The van der Waals surface area contributed by atoms with Crippen LogP contribution >= 0.6 is 0 Å². The van der Waals surface area contributed by atoms with Crippen molar-refractivity contribution in [3.8, 4) is 0 Å². The molecule has 5 heteroatoms. The highest BCUT2D eigenvalue weighted by Gasteiger charge is 2.17. The normalized spacial score (nSPS) is 12.8. The van der Waals surface area contributed by atoms with Crippen LogP contribution in [0.4, 0.5) is 0 Å². The molecule has 0 aliphatic rings. The molecule has 2 rings (SSSR count). The molecule has 2 heterocycles. The predicted octanol–water partition coefficient (Wildman–Crippen LogP) is 1.81. The van der Waals surface area contributed by atoms with E-state index in [0.717, 1.165) is 36.5 Å². The van der Waals surface area contributed by atoms with Crippen LogP contribution in [0.15, 0.2) is 28.9 Å². The van der Waals surface area contributed by atoms with E-state index in [1.165, 1.54) is 0 Å². The Morgan fingerprint density at radius 1 is 1.50 bits per heavy atom. The predicted molar refractivity (Wildman–Crippen MR) is 69.8 cm³/mol. The average molecular weight is 248 g/mol. The summed E-state index contributed by atoms with van der Waals surface area (Å²) in [6, 6.07) is 5.97. The lowest BCUT2D eigenvalue weighted by atomic mass is 10.1. The van der Waals surface area contributed by atoms with Gasteiger partial charge in [0.2, 0.25) is 0 Å². The van der Waals surface area contributed by atoms with Crippen molar-refractivity contribution >= 4 is 0 Å². The van der Waals surface area contributed by atoms with E-state index >= 15 is 0 Å². The molecule has 0 spiro atoms. The SMILES string of the molecule is CCc1cc(C(Cc2ccco2)NN)n(CC)n1. The van der Waals surface area contributed by atoms with E-state index in [1.807, 2.05) is 16.8 Å². The molecule has 0 aliphatic heterocycles. The van der Waals surface area contributed by atoms with E-state index in [1.54, 1.807) is 6.26 Å². The number of hydrazine groups is 1. The number of nitrogens with two attached hydrogens (primary N) is 1. The molecule has 0 saturated heterocycles. The number of furan rings is 1. The fourth-order valence-corrected chi connectivity index (χ4v) is 2.07. The van der Waals surface area contributed by atoms with Crippen LogP contribution in [-0.2, 0) is 19.4 Å². The Hall–Kier alpha value is -1.59. The van der Waals surface area contributed by atoms with Gasteiger partial charge in [0.1, 0.15) is 5.76 Å². The number of hydrogen-bond donors (Lipinski definition) is 2. The molecule has 0 amide bonds. The number of aryl methyl sites for hydroxylation is 2. The fraction of sp³-hybridized carbons (Fsp3) is 0.462. The Balaban J connectivity index is 2.23. The second-order valence-corrected chi connectivity index (χ2v) is 4.23. The zero-order valence-corrected chi connectivity index (χ0v) is 10.9. The molecule has 0 radical (unpaired) electrons. The minimum atomic E-state index is 0.0175. The van der Waals surface area contributed by atoms with Gasteiger partial charge in [-0.05, 0) is 31.5 Å². The highest BCUT2D eigenvalue weighted by Crippen LogP contribution is 2.19. The molecule has 18 heavy (non-hydrogen) atoms. The molecule has 0 aromatic carbocycles. The molecule has 2 aromatic heterocycles. The molecular weight excluding hydrogens is 228 g/mol. The van der Waals surface area contributed by atoms with Crippen LogP contribution < -0.4 is 11.3 Å². The monoisotopic (exact) mass is 248 g/mol. The largest absolute Gasteiger partial charge is 0.469 e. The van der Waals surface area contributed by atoms with Gasteiger partial charge in [0.15, 0.2) is 0 Å². The summed E-state index contributed by atoms with van der Waals surface area (Å²) < 4.78 is 7.36. The average Bonchev–Trinajstić information content (AvgIpc) is 3.04. The molecule has 3 N–H and O–H groups in total. The van der Waals surface area contributed by atoms with Gasteiger partial charge in [-0.25, -0.2) is 0 Å². The van der Waals surface area contributed by atoms with E-state index < -0.39 is 0 Å². The van der Waals surface area contributed by atoms with Gasteiger partial charge in [-0.1, -0.05) is 6.92 Å². The maximum atomic E-state index is 5.66. The summed E-state index contributed by atoms with van der Waals surface area (Å²) in [6.07, 6.45) is 3.33.